The third kappa shape index (κ3) is 5.41. The summed E-state index contributed by atoms with van der Waals surface area (Å²) < 4.78 is 0. The summed E-state index contributed by atoms with van der Waals surface area (Å²) in [6, 6.07) is 8.69. The maximum absolute atomic E-state index is 6.09. The van der Waals surface area contributed by atoms with Crippen molar-refractivity contribution in [3.05, 3.63) is 34.9 Å². The molecule has 0 saturated heterocycles. The van der Waals surface area contributed by atoms with Gasteiger partial charge in [0.1, 0.15) is 0 Å². The Hall–Kier alpha value is -0.530. The molecule has 2 heteroatoms. The molecule has 1 aromatic carbocycles. The fourth-order valence-corrected chi connectivity index (χ4v) is 2.59. The Bertz CT molecular complexity index is 338. The zero-order chi connectivity index (χ0) is 13.4. The van der Waals surface area contributed by atoms with Crippen molar-refractivity contribution in [1.29, 1.82) is 0 Å². The Morgan fingerprint density at radius 3 is 2.61 bits per heavy atom. The molecule has 1 aromatic rings. The van der Waals surface area contributed by atoms with E-state index in [9.17, 15) is 0 Å². The zero-order valence-corrected chi connectivity index (χ0v) is 12.6. The molecular formula is C16H26ClN. The molecule has 1 rings (SSSR count). The van der Waals surface area contributed by atoms with Crippen LogP contribution in [0.1, 0.15) is 58.1 Å². The molecule has 102 valence electrons. The Balaban J connectivity index is 2.70. The predicted octanol–water partition coefficient (Wildman–Crippen LogP) is 5.21. The van der Waals surface area contributed by atoms with Gasteiger partial charge in [-0.25, -0.2) is 0 Å². The Labute approximate surface area is 117 Å². The van der Waals surface area contributed by atoms with Gasteiger partial charge in [-0.05, 0) is 43.0 Å². The van der Waals surface area contributed by atoms with Crippen molar-refractivity contribution in [2.75, 3.05) is 6.54 Å². The van der Waals surface area contributed by atoms with E-state index in [1.54, 1.807) is 0 Å². The summed E-state index contributed by atoms with van der Waals surface area (Å²) in [5.41, 5.74) is 1.32. The molecule has 0 aliphatic carbocycles. The van der Waals surface area contributed by atoms with Crippen LogP contribution >= 0.6 is 11.6 Å². The molecule has 0 aliphatic heterocycles. The van der Waals surface area contributed by atoms with Crippen molar-refractivity contribution >= 4 is 11.6 Å². The first-order valence-corrected chi connectivity index (χ1v) is 7.54. The minimum Gasteiger partial charge on any atom is -0.310 e. The molecule has 0 saturated carbocycles. The summed E-state index contributed by atoms with van der Waals surface area (Å²) in [6.07, 6.45) is 4.91. The van der Waals surface area contributed by atoms with Crippen LogP contribution in [-0.2, 0) is 0 Å². The summed E-state index contributed by atoms with van der Waals surface area (Å²) in [6.45, 7) is 7.87. The minimum atomic E-state index is 0.435. The van der Waals surface area contributed by atoms with Crippen molar-refractivity contribution in [3.8, 4) is 0 Å². The standard InChI is InChI=1S/C16H26ClN/c1-4-7-13(3)11-16(18-10-5-2)14-8-6-9-15(17)12-14/h6,8-9,12-13,16,18H,4-5,7,10-11H2,1-3H3. The van der Waals surface area contributed by atoms with E-state index in [-0.39, 0.29) is 0 Å². The lowest BCUT2D eigenvalue weighted by Gasteiger charge is -2.22. The molecule has 0 amide bonds. The van der Waals surface area contributed by atoms with E-state index in [1.165, 1.54) is 31.2 Å². The fourth-order valence-electron chi connectivity index (χ4n) is 2.39. The van der Waals surface area contributed by atoms with Crippen LogP contribution < -0.4 is 5.32 Å². The first-order chi connectivity index (χ1) is 8.67. The first kappa shape index (κ1) is 15.5. The highest BCUT2D eigenvalue weighted by molar-refractivity contribution is 6.30. The molecule has 1 nitrogen and oxygen atoms in total. The molecule has 2 atom stereocenters. The minimum absolute atomic E-state index is 0.435. The molecular weight excluding hydrogens is 242 g/mol. The zero-order valence-electron chi connectivity index (χ0n) is 11.9. The number of nitrogens with one attached hydrogen (secondary N) is 1. The highest BCUT2D eigenvalue weighted by atomic mass is 35.5. The summed E-state index contributed by atoms with van der Waals surface area (Å²) in [7, 11) is 0. The van der Waals surface area contributed by atoms with Gasteiger partial charge in [-0.2, -0.15) is 0 Å². The maximum Gasteiger partial charge on any atom is 0.0409 e. The number of halogens is 1. The summed E-state index contributed by atoms with van der Waals surface area (Å²) in [5, 5.41) is 4.48. The van der Waals surface area contributed by atoms with Gasteiger partial charge in [-0.15, -0.1) is 0 Å². The molecule has 2 unspecified atom stereocenters. The van der Waals surface area contributed by atoms with E-state index in [0.717, 1.165) is 17.5 Å². The molecule has 0 spiro atoms. The van der Waals surface area contributed by atoms with Crippen LogP contribution in [0.25, 0.3) is 0 Å². The summed E-state index contributed by atoms with van der Waals surface area (Å²) >= 11 is 6.09. The van der Waals surface area contributed by atoms with Gasteiger partial charge >= 0.3 is 0 Å². The van der Waals surface area contributed by atoms with Gasteiger partial charge in [0.2, 0.25) is 0 Å². The lowest BCUT2D eigenvalue weighted by atomic mass is 9.93. The molecule has 1 N–H and O–H groups in total. The second-order valence-corrected chi connectivity index (χ2v) is 5.63. The number of rotatable bonds is 8. The third-order valence-electron chi connectivity index (χ3n) is 3.31. The van der Waals surface area contributed by atoms with Gasteiger partial charge < -0.3 is 5.32 Å². The number of hydrogen-bond donors (Lipinski definition) is 1. The molecule has 18 heavy (non-hydrogen) atoms. The van der Waals surface area contributed by atoms with E-state index in [1.807, 2.05) is 12.1 Å². The lowest BCUT2D eigenvalue weighted by Crippen LogP contribution is -2.24. The maximum atomic E-state index is 6.09. The average Bonchev–Trinajstić information content (AvgIpc) is 2.34. The second kappa shape index (κ2) is 8.55. The van der Waals surface area contributed by atoms with E-state index < -0.39 is 0 Å². The van der Waals surface area contributed by atoms with Crippen molar-refractivity contribution in [1.82, 2.24) is 5.32 Å². The quantitative estimate of drug-likeness (QED) is 0.682. The first-order valence-electron chi connectivity index (χ1n) is 7.16. The fraction of sp³-hybridized carbons (Fsp3) is 0.625. The van der Waals surface area contributed by atoms with Gasteiger partial charge in [0.05, 0.1) is 0 Å². The van der Waals surface area contributed by atoms with Crippen molar-refractivity contribution in [3.63, 3.8) is 0 Å². The summed E-state index contributed by atoms with van der Waals surface area (Å²) in [4.78, 5) is 0. The Kier molecular flexibility index (Phi) is 7.38. The predicted molar refractivity (Wildman–Crippen MR) is 81.2 cm³/mol. The van der Waals surface area contributed by atoms with Crippen molar-refractivity contribution in [2.24, 2.45) is 5.92 Å². The van der Waals surface area contributed by atoms with Crippen LogP contribution in [0.4, 0.5) is 0 Å². The molecule has 0 aliphatic rings. The third-order valence-corrected chi connectivity index (χ3v) is 3.55. The van der Waals surface area contributed by atoms with Crippen LogP contribution in [0.5, 0.6) is 0 Å². The molecule has 0 fully saturated rings. The van der Waals surface area contributed by atoms with Crippen molar-refractivity contribution in [2.45, 2.75) is 52.5 Å². The molecule has 0 aromatic heterocycles. The Morgan fingerprint density at radius 1 is 1.22 bits per heavy atom. The largest absolute Gasteiger partial charge is 0.310 e. The van der Waals surface area contributed by atoms with Gasteiger partial charge in [0, 0.05) is 11.1 Å². The van der Waals surface area contributed by atoms with Crippen LogP contribution in [-0.4, -0.2) is 6.54 Å². The summed E-state index contributed by atoms with van der Waals surface area (Å²) in [5.74, 6) is 0.753. The SMILES string of the molecule is CCCNC(CC(C)CCC)c1cccc(Cl)c1. The monoisotopic (exact) mass is 267 g/mol. The molecule has 0 bridgehead atoms. The number of benzene rings is 1. The van der Waals surface area contributed by atoms with E-state index in [2.05, 4.69) is 38.2 Å². The van der Waals surface area contributed by atoms with E-state index >= 15 is 0 Å². The van der Waals surface area contributed by atoms with Crippen LogP contribution in [0, 0.1) is 5.92 Å². The highest BCUT2D eigenvalue weighted by Gasteiger charge is 2.14. The van der Waals surface area contributed by atoms with Gasteiger partial charge in [0.25, 0.3) is 0 Å². The van der Waals surface area contributed by atoms with Gasteiger partial charge in [-0.3, -0.25) is 0 Å². The van der Waals surface area contributed by atoms with Crippen LogP contribution in [0.3, 0.4) is 0 Å². The second-order valence-electron chi connectivity index (χ2n) is 5.19. The normalized spacial score (nSPS) is 14.4. The van der Waals surface area contributed by atoms with Crippen molar-refractivity contribution < 1.29 is 0 Å². The number of hydrogen-bond acceptors (Lipinski definition) is 1. The smallest absolute Gasteiger partial charge is 0.0409 e. The van der Waals surface area contributed by atoms with Crippen LogP contribution in [0.2, 0.25) is 5.02 Å². The van der Waals surface area contributed by atoms with Gasteiger partial charge in [0.15, 0.2) is 0 Å². The Morgan fingerprint density at radius 2 is 2.00 bits per heavy atom. The highest BCUT2D eigenvalue weighted by Crippen LogP contribution is 2.25. The molecule has 0 heterocycles. The topological polar surface area (TPSA) is 12.0 Å². The average molecular weight is 268 g/mol. The molecule has 0 radical (unpaired) electrons. The van der Waals surface area contributed by atoms with E-state index in [4.69, 9.17) is 11.6 Å². The van der Waals surface area contributed by atoms with Crippen LogP contribution in [0.15, 0.2) is 24.3 Å². The van der Waals surface area contributed by atoms with E-state index in [0.29, 0.717) is 6.04 Å². The van der Waals surface area contributed by atoms with Gasteiger partial charge in [-0.1, -0.05) is 57.3 Å². The lowest BCUT2D eigenvalue weighted by molar-refractivity contribution is 0.390.